The van der Waals surface area contributed by atoms with Gasteiger partial charge in [-0.2, -0.15) is 5.26 Å². The first kappa shape index (κ1) is 15.4. The van der Waals surface area contributed by atoms with Crippen molar-refractivity contribution in [3.63, 3.8) is 0 Å². The number of hydrogen-bond acceptors (Lipinski definition) is 2. The number of Topliss-reactive ketones (excluding diaryl/α,β-unsaturated/α-hetero) is 1. The summed E-state index contributed by atoms with van der Waals surface area (Å²) in [6.45, 7) is 2.47. The SMILES string of the molecule is CC(=O)C1=C(c2cccc(F)c2)C(C#N)C(C)(F)C(Cl)=C1. The van der Waals surface area contributed by atoms with Crippen molar-refractivity contribution >= 4 is 23.0 Å². The lowest BCUT2D eigenvalue weighted by atomic mass is 9.75. The van der Waals surface area contributed by atoms with Crippen LogP contribution in [0.25, 0.3) is 5.57 Å². The molecule has 0 saturated carbocycles. The first-order valence-electron chi connectivity index (χ1n) is 6.26. The molecule has 2 rings (SSSR count). The third-order valence-corrected chi connectivity index (χ3v) is 3.98. The molecule has 108 valence electrons. The molecule has 0 spiro atoms. The van der Waals surface area contributed by atoms with Gasteiger partial charge in [-0.1, -0.05) is 23.7 Å². The van der Waals surface area contributed by atoms with E-state index in [9.17, 15) is 18.8 Å². The number of nitriles is 1. The van der Waals surface area contributed by atoms with Crippen LogP contribution >= 0.6 is 11.6 Å². The molecule has 0 aliphatic heterocycles. The van der Waals surface area contributed by atoms with E-state index in [2.05, 4.69) is 0 Å². The molecule has 0 aromatic heterocycles. The maximum Gasteiger partial charge on any atom is 0.163 e. The maximum atomic E-state index is 14.7. The van der Waals surface area contributed by atoms with Crippen LogP contribution in [0, 0.1) is 23.1 Å². The summed E-state index contributed by atoms with van der Waals surface area (Å²) in [5, 5.41) is 9.12. The van der Waals surface area contributed by atoms with Gasteiger partial charge in [-0.25, -0.2) is 8.78 Å². The number of alkyl halides is 1. The third-order valence-electron chi connectivity index (χ3n) is 3.50. The van der Waals surface area contributed by atoms with E-state index in [1.165, 1.54) is 44.2 Å². The standard InChI is InChI=1S/C16H12ClF2NO/c1-9(21)12-7-14(17)16(2,19)13(8-20)15(12)10-4-3-5-11(18)6-10/h3-7,13H,1-2H3. The molecule has 1 aliphatic rings. The summed E-state index contributed by atoms with van der Waals surface area (Å²) in [6, 6.07) is 7.23. The highest BCUT2D eigenvalue weighted by Gasteiger charge is 2.45. The second-order valence-electron chi connectivity index (χ2n) is 5.02. The lowest BCUT2D eigenvalue weighted by Crippen LogP contribution is -2.34. The molecular weight excluding hydrogens is 296 g/mol. The summed E-state index contributed by atoms with van der Waals surface area (Å²) in [7, 11) is 0. The Labute approximate surface area is 126 Å². The van der Waals surface area contributed by atoms with E-state index < -0.39 is 17.4 Å². The smallest absolute Gasteiger partial charge is 0.163 e. The molecule has 1 aromatic rings. The Morgan fingerprint density at radius 2 is 2.14 bits per heavy atom. The van der Waals surface area contributed by atoms with Crippen molar-refractivity contribution in [3.8, 4) is 6.07 Å². The summed E-state index contributed by atoms with van der Waals surface area (Å²) < 4.78 is 28.2. The number of carbonyl (C=O) groups excluding carboxylic acids is 1. The average molecular weight is 308 g/mol. The van der Waals surface area contributed by atoms with Crippen molar-refractivity contribution in [2.45, 2.75) is 19.5 Å². The van der Waals surface area contributed by atoms with Crippen LogP contribution < -0.4 is 0 Å². The van der Waals surface area contributed by atoms with Crippen LogP contribution in [-0.4, -0.2) is 11.5 Å². The summed E-state index contributed by atoms with van der Waals surface area (Å²) >= 11 is 5.88. The Kier molecular flexibility index (Phi) is 3.97. The molecule has 5 heteroatoms. The van der Waals surface area contributed by atoms with Crippen molar-refractivity contribution in [1.82, 2.24) is 0 Å². The van der Waals surface area contributed by atoms with E-state index >= 15 is 0 Å². The van der Waals surface area contributed by atoms with E-state index in [4.69, 9.17) is 11.6 Å². The fraction of sp³-hybridized carbons (Fsp3) is 0.250. The van der Waals surface area contributed by atoms with Crippen LogP contribution in [0.4, 0.5) is 8.78 Å². The van der Waals surface area contributed by atoms with Crippen molar-refractivity contribution in [3.05, 3.63) is 52.3 Å². The predicted molar refractivity (Wildman–Crippen MR) is 76.6 cm³/mol. The fourth-order valence-electron chi connectivity index (χ4n) is 2.37. The van der Waals surface area contributed by atoms with E-state index in [-0.39, 0.29) is 22.0 Å². The van der Waals surface area contributed by atoms with Crippen molar-refractivity contribution in [2.24, 2.45) is 5.92 Å². The predicted octanol–water partition coefficient (Wildman–Crippen LogP) is 4.17. The zero-order chi connectivity index (χ0) is 15.8. The minimum Gasteiger partial charge on any atom is -0.294 e. The quantitative estimate of drug-likeness (QED) is 0.822. The molecule has 0 bridgehead atoms. The topological polar surface area (TPSA) is 40.9 Å². The number of rotatable bonds is 2. The van der Waals surface area contributed by atoms with Gasteiger partial charge in [0, 0.05) is 5.57 Å². The van der Waals surface area contributed by atoms with E-state index in [0.29, 0.717) is 5.56 Å². The molecule has 0 heterocycles. The van der Waals surface area contributed by atoms with Gasteiger partial charge < -0.3 is 0 Å². The zero-order valence-corrected chi connectivity index (χ0v) is 12.2. The van der Waals surface area contributed by atoms with E-state index in [1.54, 1.807) is 0 Å². The second-order valence-corrected chi connectivity index (χ2v) is 5.43. The molecule has 1 aromatic carbocycles. The number of carbonyl (C=O) groups is 1. The van der Waals surface area contributed by atoms with Gasteiger partial charge in [0.1, 0.15) is 11.7 Å². The molecular formula is C16H12ClF2NO. The number of hydrogen-bond donors (Lipinski definition) is 0. The Balaban J connectivity index is 2.79. The number of ketones is 1. The van der Waals surface area contributed by atoms with Gasteiger partial charge in [0.05, 0.1) is 11.1 Å². The van der Waals surface area contributed by atoms with Gasteiger partial charge in [0.25, 0.3) is 0 Å². The lowest BCUT2D eigenvalue weighted by molar-refractivity contribution is -0.113. The highest BCUT2D eigenvalue weighted by Crippen LogP contribution is 2.46. The highest BCUT2D eigenvalue weighted by atomic mass is 35.5. The van der Waals surface area contributed by atoms with Gasteiger partial charge in [-0.15, -0.1) is 0 Å². The van der Waals surface area contributed by atoms with Crippen LogP contribution in [-0.2, 0) is 4.79 Å². The highest BCUT2D eigenvalue weighted by molar-refractivity contribution is 6.32. The van der Waals surface area contributed by atoms with Crippen LogP contribution in [0.2, 0.25) is 0 Å². The molecule has 2 nitrogen and oxygen atoms in total. The number of allylic oxidation sites excluding steroid dienone is 4. The Bertz CT molecular complexity index is 713. The van der Waals surface area contributed by atoms with Gasteiger partial charge >= 0.3 is 0 Å². The summed E-state index contributed by atoms with van der Waals surface area (Å²) in [5.41, 5.74) is -1.53. The Morgan fingerprint density at radius 1 is 1.48 bits per heavy atom. The van der Waals surface area contributed by atoms with Gasteiger partial charge in [-0.3, -0.25) is 4.79 Å². The third kappa shape index (κ3) is 2.62. The first-order chi connectivity index (χ1) is 9.78. The fourth-order valence-corrected chi connectivity index (χ4v) is 2.58. The largest absolute Gasteiger partial charge is 0.294 e. The molecule has 0 N–H and O–H groups in total. The zero-order valence-electron chi connectivity index (χ0n) is 11.5. The van der Waals surface area contributed by atoms with Crippen LogP contribution in [0.5, 0.6) is 0 Å². The normalized spacial score (nSPS) is 25.3. The van der Waals surface area contributed by atoms with Gasteiger partial charge in [-0.05, 0) is 43.2 Å². The molecule has 21 heavy (non-hydrogen) atoms. The average Bonchev–Trinajstić information content (AvgIpc) is 2.40. The van der Waals surface area contributed by atoms with Gasteiger partial charge in [0.2, 0.25) is 0 Å². The van der Waals surface area contributed by atoms with Crippen LogP contribution in [0.1, 0.15) is 19.4 Å². The van der Waals surface area contributed by atoms with Crippen molar-refractivity contribution in [1.29, 1.82) is 5.26 Å². The number of benzene rings is 1. The molecule has 0 saturated heterocycles. The molecule has 2 atom stereocenters. The molecule has 2 unspecified atom stereocenters. The Morgan fingerprint density at radius 3 is 2.67 bits per heavy atom. The summed E-state index contributed by atoms with van der Waals surface area (Å²) in [5.74, 6) is -2.17. The Hall–Kier alpha value is -1.99. The monoisotopic (exact) mass is 307 g/mol. The van der Waals surface area contributed by atoms with Crippen molar-refractivity contribution < 1.29 is 13.6 Å². The number of halogens is 3. The van der Waals surface area contributed by atoms with Gasteiger partial charge in [0.15, 0.2) is 11.5 Å². The van der Waals surface area contributed by atoms with E-state index in [1.807, 2.05) is 6.07 Å². The minimum absolute atomic E-state index is 0.132. The molecule has 0 radical (unpaired) electrons. The van der Waals surface area contributed by atoms with Crippen LogP contribution in [0.15, 0.2) is 40.9 Å². The number of nitrogens with zero attached hydrogens (tertiary/aromatic N) is 1. The summed E-state index contributed by atoms with van der Waals surface area (Å²) in [4.78, 5) is 11.8. The minimum atomic E-state index is -2.13. The van der Waals surface area contributed by atoms with Crippen molar-refractivity contribution in [2.75, 3.05) is 0 Å². The first-order valence-corrected chi connectivity index (χ1v) is 6.64. The second kappa shape index (κ2) is 5.42. The van der Waals surface area contributed by atoms with E-state index in [0.717, 1.165) is 0 Å². The molecule has 0 fully saturated rings. The lowest BCUT2D eigenvalue weighted by Gasteiger charge is -2.32. The molecule has 0 amide bonds. The van der Waals surface area contributed by atoms with Crippen LogP contribution in [0.3, 0.4) is 0 Å². The molecule has 1 aliphatic carbocycles. The maximum absolute atomic E-state index is 14.7. The summed E-state index contributed by atoms with van der Waals surface area (Å²) in [6.07, 6.45) is 1.22.